The lowest BCUT2D eigenvalue weighted by molar-refractivity contribution is -0.384. The Bertz CT molecular complexity index is 1150. The average molecular weight is 425 g/mol. The minimum atomic E-state index is -0.750. The van der Waals surface area contributed by atoms with Gasteiger partial charge in [-0.25, -0.2) is 9.89 Å². The number of nitro groups is 1. The van der Waals surface area contributed by atoms with Crippen LogP contribution in [0.5, 0.6) is 0 Å². The van der Waals surface area contributed by atoms with E-state index in [-0.39, 0.29) is 23.1 Å². The molecule has 0 radical (unpaired) electrons. The number of aromatic nitrogens is 3. The number of hydrogen-bond acceptors (Lipinski definition) is 6. The molecule has 2 aromatic carbocycles. The Labute approximate surface area is 175 Å². The normalized spacial score (nSPS) is 14.3. The third kappa shape index (κ3) is 4.13. The number of thioether (sulfide) groups is 1. The van der Waals surface area contributed by atoms with Gasteiger partial charge in [0.1, 0.15) is 10.9 Å². The molecular weight excluding hydrogens is 406 g/mol. The van der Waals surface area contributed by atoms with E-state index in [2.05, 4.69) is 15.5 Å². The van der Waals surface area contributed by atoms with E-state index in [1.54, 1.807) is 29.7 Å². The summed E-state index contributed by atoms with van der Waals surface area (Å²) in [6, 6.07) is 13.8. The molecule has 30 heavy (non-hydrogen) atoms. The molecule has 154 valence electrons. The van der Waals surface area contributed by atoms with Crippen molar-refractivity contribution in [1.29, 1.82) is 0 Å². The molecule has 10 heteroatoms. The largest absolute Gasteiger partial charge is 0.344 e. The molecule has 4 rings (SSSR count). The van der Waals surface area contributed by atoms with Crippen LogP contribution in [0.3, 0.4) is 0 Å². The van der Waals surface area contributed by atoms with E-state index >= 15 is 0 Å². The van der Waals surface area contributed by atoms with Crippen molar-refractivity contribution in [2.24, 2.45) is 0 Å². The summed E-state index contributed by atoms with van der Waals surface area (Å²) in [4.78, 5) is 36.2. The molecule has 3 aromatic rings. The zero-order chi connectivity index (χ0) is 21.3. The SMILES string of the molecule is Cc1ccc(NC(=O)C(Sc2n[nH]c(=O)n2C2CC2)c2ccccc2)c([N+](=O)[O-])c1. The number of rotatable bonds is 7. The smallest absolute Gasteiger partial charge is 0.319 e. The molecule has 1 atom stereocenters. The minimum absolute atomic E-state index is 0.0939. The molecular formula is C20H19N5O4S. The fourth-order valence-electron chi connectivity index (χ4n) is 3.13. The predicted octanol–water partition coefficient (Wildman–Crippen LogP) is 3.60. The number of H-pyrrole nitrogens is 1. The molecule has 1 aliphatic carbocycles. The second-order valence-electron chi connectivity index (χ2n) is 7.09. The Morgan fingerprint density at radius 1 is 1.30 bits per heavy atom. The zero-order valence-corrected chi connectivity index (χ0v) is 16.9. The molecule has 0 spiro atoms. The van der Waals surface area contributed by atoms with Crippen LogP contribution in [0.4, 0.5) is 11.4 Å². The molecule has 1 saturated carbocycles. The van der Waals surface area contributed by atoms with Crippen LogP contribution in [0.1, 0.15) is 35.3 Å². The third-order valence-corrected chi connectivity index (χ3v) is 5.98. The summed E-state index contributed by atoms with van der Waals surface area (Å²) in [5.41, 5.74) is 1.07. The molecule has 0 bridgehead atoms. The lowest BCUT2D eigenvalue weighted by atomic mass is 10.1. The van der Waals surface area contributed by atoms with E-state index in [4.69, 9.17) is 0 Å². The molecule has 1 fully saturated rings. The lowest BCUT2D eigenvalue weighted by Gasteiger charge is -2.17. The van der Waals surface area contributed by atoms with Gasteiger partial charge < -0.3 is 5.32 Å². The molecule has 0 aliphatic heterocycles. The number of hydrogen-bond donors (Lipinski definition) is 2. The first kappa shape index (κ1) is 19.9. The summed E-state index contributed by atoms with van der Waals surface area (Å²) in [5.74, 6) is -0.434. The van der Waals surface area contributed by atoms with Crippen molar-refractivity contribution in [3.8, 4) is 0 Å². The van der Waals surface area contributed by atoms with Gasteiger partial charge in [-0.2, -0.15) is 0 Å². The summed E-state index contributed by atoms with van der Waals surface area (Å²) in [6.45, 7) is 1.75. The zero-order valence-electron chi connectivity index (χ0n) is 16.1. The van der Waals surface area contributed by atoms with Gasteiger partial charge >= 0.3 is 5.69 Å². The molecule has 1 unspecified atom stereocenters. The van der Waals surface area contributed by atoms with Crippen molar-refractivity contribution >= 4 is 29.0 Å². The molecule has 2 N–H and O–H groups in total. The molecule has 1 aromatic heterocycles. The second-order valence-corrected chi connectivity index (χ2v) is 8.16. The van der Waals surface area contributed by atoms with Crippen LogP contribution in [0.2, 0.25) is 0 Å². The maximum Gasteiger partial charge on any atom is 0.344 e. The number of carbonyl (C=O) groups excluding carboxylic acids is 1. The number of nitrogens with zero attached hydrogens (tertiary/aromatic N) is 3. The Balaban J connectivity index is 1.67. The van der Waals surface area contributed by atoms with Gasteiger partial charge in [0.2, 0.25) is 5.91 Å². The van der Waals surface area contributed by atoms with Crippen molar-refractivity contribution in [3.63, 3.8) is 0 Å². The standard InChI is InChI=1S/C20H19N5O4S/c1-12-7-10-15(16(11-12)25(28)29)21-18(26)17(13-5-3-2-4-6-13)30-20-23-22-19(27)24(20)14-8-9-14/h2-7,10-11,14,17H,8-9H2,1H3,(H,21,26)(H,22,27). The number of anilines is 1. The van der Waals surface area contributed by atoms with Crippen LogP contribution in [-0.2, 0) is 4.79 Å². The Hall–Kier alpha value is -3.40. The quantitative estimate of drug-likeness (QED) is 0.339. The fourth-order valence-corrected chi connectivity index (χ4v) is 4.24. The summed E-state index contributed by atoms with van der Waals surface area (Å²) in [6.07, 6.45) is 1.79. The van der Waals surface area contributed by atoms with Gasteiger partial charge in [-0.15, -0.1) is 5.10 Å². The van der Waals surface area contributed by atoms with E-state index in [9.17, 15) is 19.7 Å². The summed E-state index contributed by atoms with van der Waals surface area (Å²) >= 11 is 1.14. The first-order chi connectivity index (χ1) is 14.4. The highest BCUT2D eigenvalue weighted by Gasteiger charge is 2.32. The van der Waals surface area contributed by atoms with E-state index in [1.165, 1.54) is 12.1 Å². The van der Waals surface area contributed by atoms with E-state index in [0.29, 0.717) is 10.7 Å². The topological polar surface area (TPSA) is 123 Å². The molecule has 1 aliphatic rings. The van der Waals surface area contributed by atoms with Gasteiger partial charge in [0.05, 0.1) is 4.92 Å². The molecule has 9 nitrogen and oxygen atoms in total. The van der Waals surface area contributed by atoms with E-state index in [0.717, 1.165) is 30.2 Å². The molecule has 1 amide bonds. The van der Waals surface area contributed by atoms with Crippen LogP contribution in [0, 0.1) is 17.0 Å². The maximum atomic E-state index is 13.2. The van der Waals surface area contributed by atoms with Gasteiger partial charge in [0.15, 0.2) is 5.16 Å². The highest BCUT2D eigenvalue weighted by Crippen LogP contribution is 2.41. The summed E-state index contributed by atoms with van der Waals surface area (Å²) in [7, 11) is 0. The van der Waals surface area contributed by atoms with Gasteiger partial charge in [-0.3, -0.25) is 19.5 Å². The number of aromatic amines is 1. The number of benzene rings is 2. The number of aryl methyl sites for hydroxylation is 1. The van der Waals surface area contributed by atoms with E-state index < -0.39 is 16.1 Å². The van der Waals surface area contributed by atoms with Gasteiger partial charge in [-0.1, -0.05) is 48.2 Å². The Kier molecular flexibility index (Phi) is 5.40. The second kappa shape index (κ2) is 8.15. The van der Waals surface area contributed by atoms with Crippen molar-refractivity contribution in [3.05, 3.63) is 80.3 Å². The van der Waals surface area contributed by atoms with Crippen LogP contribution < -0.4 is 11.0 Å². The van der Waals surface area contributed by atoms with Crippen LogP contribution in [0.25, 0.3) is 0 Å². The van der Waals surface area contributed by atoms with Crippen LogP contribution in [-0.4, -0.2) is 25.6 Å². The van der Waals surface area contributed by atoms with Crippen molar-refractivity contribution in [2.45, 2.75) is 36.2 Å². The van der Waals surface area contributed by atoms with Gasteiger partial charge in [0, 0.05) is 12.1 Å². The number of carbonyl (C=O) groups is 1. The number of nitro benzene ring substituents is 1. The van der Waals surface area contributed by atoms with Gasteiger partial charge in [0.25, 0.3) is 5.69 Å². The Morgan fingerprint density at radius 2 is 2.03 bits per heavy atom. The van der Waals surface area contributed by atoms with Crippen molar-refractivity contribution in [1.82, 2.24) is 14.8 Å². The van der Waals surface area contributed by atoms with Crippen LogP contribution >= 0.6 is 11.8 Å². The van der Waals surface area contributed by atoms with Crippen molar-refractivity contribution < 1.29 is 9.72 Å². The highest BCUT2D eigenvalue weighted by molar-refractivity contribution is 8.00. The third-order valence-electron chi connectivity index (χ3n) is 4.76. The average Bonchev–Trinajstić information content (AvgIpc) is 3.50. The van der Waals surface area contributed by atoms with Crippen LogP contribution in [0.15, 0.2) is 58.5 Å². The monoisotopic (exact) mass is 425 g/mol. The summed E-state index contributed by atoms with van der Waals surface area (Å²) in [5, 5.41) is 20.3. The fraction of sp³-hybridized carbons (Fsp3) is 0.250. The summed E-state index contributed by atoms with van der Waals surface area (Å²) < 4.78 is 1.57. The van der Waals surface area contributed by atoms with Crippen molar-refractivity contribution in [2.75, 3.05) is 5.32 Å². The highest BCUT2D eigenvalue weighted by atomic mass is 32.2. The minimum Gasteiger partial charge on any atom is -0.319 e. The first-order valence-electron chi connectivity index (χ1n) is 9.38. The maximum absolute atomic E-state index is 13.2. The van der Waals surface area contributed by atoms with Gasteiger partial charge in [-0.05, 0) is 37.0 Å². The van der Waals surface area contributed by atoms with E-state index in [1.807, 2.05) is 18.2 Å². The predicted molar refractivity (Wildman–Crippen MR) is 113 cm³/mol. The molecule has 0 saturated heterocycles. The number of amides is 1. The molecule has 1 heterocycles. The number of nitrogens with one attached hydrogen (secondary N) is 2. The first-order valence-corrected chi connectivity index (χ1v) is 10.3. The lowest BCUT2D eigenvalue weighted by Crippen LogP contribution is -2.21. The Morgan fingerprint density at radius 3 is 2.70 bits per heavy atom.